The molecule has 0 atom stereocenters. The van der Waals surface area contributed by atoms with Gasteiger partial charge in [0.2, 0.25) is 0 Å². The first-order valence-corrected chi connectivity index (χ1v) is 17.8. The summed E-state index contributed by atoms with van der Waals surface area (Å²) in [4.78, 5) is 2.37. The molecule has 0 unspecified atom stereocenters. The fourth-order valence-corrected chi connectivity index (χ4v) is 7.66. The fourth-order valence-electron chi connectivity index (χ4n) is 7.66. The third-order valence-corrected chi connectivity index (χ3v) is 10.2. The maximum Gasteiger partial charge on any atom is 0.143 e. The normalized spacial score (nSPS) is 11.5. The van der Waals surface area contributed by atoms with Crippen LogP contribution in [0.2, 0.25) is 0 Å². The maximum absolute atomic E-state index is 6.47. The Balaban J connectivity index is 1.08. The first-order chi connectivity index (χ1) is 25.8. The third-order valence-electron chi connectivity index (χ3n) is 10.2. The molecule has 0 aliphatic rings. The average Bonchev–Trinajstić information content (AvgIpc) is 3.60. The molecular formula is C50H33NO. The molecule has 0 saturated carbocycles. The van der Waals surface area contributed by atoms with Gasteiger partial charge in [0.1, 0.15) is 11.2 Å². The molecule has 244 valence electrons. The summed E-state index contributed by atoms with van der Waals surface area (Å²) >= 11 is 0. The van der Waals surface area contributed by atoms with Crippen LogP contribution in [-0.2, 0) is 0 Å². The van der Waals surface area contributed by atoms with Gasteiger partial charge in [0, 0.05) is 33.4 Å². The highest BCUT2D eigenvalue weighted by atomic mass is 16.3. The Labute approximate surface area is 302 Å². The fraction of sp³-hybridized carbons (Fsp3) is 0. The van der Waals surface area contributed by atoms with Gasteiger partial charge >= 0.3 is 0 Å². The molecule has 2 heteroatoms. The second kappa shape index (κ2) is 12.5. The maximum atomic E-state index is 6.47. The highest BCUT2D eigenvalue weighted by Gasteiger charge is 2.17. The van der Waals surface area contributed by atoms with E-state index in [0.29, 0.717) is 0 Å². The summed E-state index contributed by atoms with van der Waals surface area (Å²) in [5.41, 5.74) is 12.1. The smallest absolute Gasteiger partial charge is 0.143 e. The standard InChI is InChI=1S/C50H33NO/c1-3-11-34(12-4-1)39-16-9-17-42(31-39)51(43-29-25-38-22-21-37-15-7-8-18-44(37)47(38)33-43)41-27-23-35(24-28-41)40-26-30-49-48(32-40)46-20-10-19-45(50(46)52-49)36-13-5-2-6-14-36/h1-33H. The van der Waals surface area contributed by atoms with Crippen molar-refractivity contribution in [2.24, 2.45) is 0 Å². The van der Waals surface area contributed by atoms with Crippen LogP contribution in [0, 0.1) is 0 Å². The quantitative estimate of drug-likeness (QED) is 0.165. The summed E-state index contributed by atoms with van der Waals surface area (Å²) in [6.45, 7) is 0. The van der Waals surface area contributed by atoms with Gasteiger partial charge in [-0.15, -0.1) is 0 Å². The van der Waals surface area contributed by atoms with Gasteiger partial charge in [-0.05, 0) is 97.9 Å². The lowest BCUT2D eigenvalue weighted by molar-refractivity contribution is 0.670. The molecule has 52 heavy (non-hydrogen) atoms. The van der Waals surface area contributed by atoms with Crippen molar-refractivity contribution in [2.45, 2.75) is 0 Å². The lowest BCUT2D eigenvalue weighted by Crippen LogP contribution is -2.10. The van der Waals surface area contributed by atoms with E-state index in [2.05, 4.69) is 199 Å². The molecule has 0 amide bonds. The van der Waals surface area contributed by atoms with Crippen LogP contribution in [0.5, 0.6) is 0 Å². The summed E-state index contributed by atoms with van der Waals surface area (Å²) in [6, 6.07) is 71.7. The van der Waals surface area contributed by atoms with E-state index in [1.54, 1.807) is 0 Å². The van der Waals surface area contributed by atoms with E-state index in [1.165, 1.54) is 32.7 Å². The summed E-state index contributed by atoms with van der Waals surface area (Å²) < 4.78 is 6.47. The number of benzene rings is 9. The minimum absolute atomic E-state index is 0.895. The molecular weight excluding hydrogens is 631 g/mol. The van der Waals surface area contributed by atoms with E-state index in [-0.39, 0.29) is 0 Å². The number of para-hydroxylation sites is 1. The molecule has 0 aliphatic carbocycles. The topological polar surface area (TPSA) is 16.4 Å². The Bertz CT molecular complexity index is 2890. The summed E-state index contributed by atoms with van der Waals surface area (Å²) in [6.07, 6.45) is 0. The molecule has 10 aromatic rings. The van der Waals surface area contributed by atoms with Crippen molar-refractivity contribution < 1.29 is 4.42 Å². The van der Waals surface area contributed by atoms with Gasteiger partial charge in [0.25, 0.3) is 0 Å². The van der Waals surface area contributed by atoms with Gasteiger partial charge in [-0.3, -0.25) is 0 Å². The molecule has 0 radical (unpaired) electrons. The lowest BCUT2D eigenvalue weighted by Gasteiger charge is -2.27. The van der Waals surface area contributed by atoms with E-state index in [1.807, 2.05) is 6.07 Å². The minimum atomic E-state index is 0.895. The first kappa shape index (κ1) is 30.0. The molecule has 0 saturated heterocycles. The van der Waals surface area contributed by atoms with E-state index in [0.717, 1.165) is 61.3 Å². The molecule has 1 aromatic heterocycles. The average molecular weight is 664 g/mol. The highest BCUT2D eigenvalue weighted by molar-refractivity contribution is 6.11. The van der Waals surface area contributed by atoms with Gasteiger partial charge in [-0.1, -0.05) is 152 Å². The summed E-state index contributed by atoms with van der Waals surface area (Å²) in [7, 11) is 0. The van der Waals surface area contributed by atoms with Crippen molar-refractivity contribution >= 4 is 60.5 Å². The van der Waals surface area contributed by atoms with Gasteiger partial charge in [0.15, 0.2) is 0 Å². The van der Waals surface area contributed by atoms with Crippen molar-refractivity contribution in [3.05, 3.63) is 200 Å². The predicted octanol–water partition coefficient (Wildman–Crippen LogP) is 14.4. The summed E-state index contributed by atoms with van der Waals surface area (Å²) in [5.74, 6) is 0. The van der Waals surface area contributed by atoms with Crippen LogP contribution in [0.1, 0.15) is 0 Å². The van der Waals surface area contributed by atoms with Crippen LogP contribution in [0.15, 0.2) is 205 Å². The minimum Gasteiger partial charge on any atom is -0.455 e. The number of fused-ring (bicyclic) bond motifs is 6. The number of nitrogens with zero attached hydrogens (tertiary/aromatic N) is 1. The van der Waals surface area contributed by atoms with E-state index < -0.39 is 0 Å². The van der Waals surface area contributed by atoms with Crippen LogP contribution in [0.4, 0.5) is 17.1 Å². The summed E-state index contributed by atoms with van der Waals surface area (Å²) in [5, 5.41) is 7.22. The van der Waals surface area contributed by atoms with Crippen molar-refractivity contribution in [1.82, 2.24) is 0 Å². The van der Waals surface area contributed by atoms with Gasteiger partial charge in [-0.25, -0.2) is 0 Å². The van der Waals surface area contributed by atoms with Crippen LogP contribution in [-0.4, -0.2) is 0 Å². The first-order valence-electron chi connectivity index (χ1n) is 17.8. The molecule has 0 spiro atoms. The van der Waals surface area contributed by atoms with Crippen LogP contribution < -0.4 is 4.90 Å². The molecule has 0 bridgehead atoms. The van der Waals surface area contributed by atoms with E-state index in [4.69, 9.17) is 4.42 Å². The van der Waals surface area contributed by atoms with E-state index in [9.17, 15) is 0 Å². The Hall–Kier alpha value is -6.90. The van der Waals surface area contributed by atoms with Crippen LogP contribution in [0.3, 0.4) is 0 Å². The third kappa shape index (κ3) is 5.21. The molecule has 1 heterocycles. The second-order valence-corrected chi connectivity index (χ2v) is 13.4. The van der Waals surface area contributed by atoms with Gasteiger partial charge < -0.3 is 9.32 Å². The van der Waals surface area contributed by atoms with E-state index >= 15 is 0 Å². The van der Waals surface area contributed by atoms with Gasteiger partial charge in [0.05, 0.1) is 0 Å². The molecule has 2 nitrogen and oxygen atoms in total. The Kier molecular flexibility index (Phi) is 7.18. The monoisotopic (exact) mass is 663 g/mol. The molecule has 10 rings (SSSR count). The van der Waals surface area contributed by atoms with Crippen LogP contribution >= 0.6 is 0 Å². The SMILES string of the molecule is c1ccc(-c2cccc(N(c3ccc(-c4ccc5oc6c(-c7ccccc7)cccc6c5c4)cc3)c3ccc4ccc5ccccc5c4c3)c2)cc1. The number of anilines is 3. The van der Waals surface area contributed by atoms with Gasteiger partial charge in [-0.2, -0.15) is 0 Å². The Morgan fingerprint density at radius 1 is 0.308 bits per heavy atom. The molecule has 0 aliphatic heterocycles. The Morgan fingerprint density at radius 2 is 0.885 bits per heavy atom. The number of hydrogen-bond acceptors (Lipinski definition) is 2. The molecule has 9 aromatic carbocycles. The predicted molar refractivity (Wildman–Crippen MR) is 220 cm³/mol. The zero-order valence-electron chi connectivity index (χ0n) is 28.4. The zero-order valence-corrected chi connectivity index (χ0v) is 28.4. The number of rotatable bonds is 6. The highest BCUT2D eigenvalue weighted by Crippen LogP contribution is 2.41. The largest absolute Gasteiger partial charge is 0.455 e. The van der Waals surface area contributed by atoms with Crippen molar-refractivity contribution in [2.75, 3.05) is 4.90 Å². The van der Waals surface area contributed by atoms with Crippen molar-refractivity contribution in [3.63, 3.8) is 0 Å². The number of furan rings is 1. The van der Waals surface area contributed by atoms with Crippen LogP contribution in [0.25, 0.3) is 76.9 Å². The van der Waals surface area contributed by atoms with Crippen molar-refractivity contribution in [1.29, 1.82) is 0 Å². The second-order valence-electron chi connectivity index (χ2n) is 13.4. The van der Waals surface area contributed by atoms with Crippen molar-refractivity contribution in [3.8, 4) is 33.4 Å². The number of hydrogen-bond donors (Lipinski definition) is 0. The molecule has 0 fully saturated rings. The molecule has 0 N–H and O–H groups in total. The lowest BCUT2D eigenvalue weighted by atomic mass is 9.99. The Morgan fingerprint density at radius 3 is 1.71 bits per heavy atom. The zero-order chi connectivity index (χ0) is 34.4.